The van der Waals surface area contributed by atoms with Crippen LogP contribution in [0.5, 0.6) is 11.5 Å². The van der Waals surface area contributed by atoms with Crippen LogP contribution in [0.4, 0.5) is 0 Å². The van der Waals surface area contributed by atoms with Gasteiger partial charge in [0.15, 0.2) is 5.56 Å². The zero-order valence-corrected chi connectivity index (χ0v) is 15.3. The minimum absolute atomic E-state index is 0.0960. The second kappa shape index (κ2) is 9.07. The molecule has 0 aliphatic carbocycles. The standard InChI is InChI=1S/C19H23NO7/c1-3-4-5-6-9-26-12-7-8-14-13(10-12)16(21)15(19(25)27-14)17(22)20-11(2)18(23)24/h7-8,10-11,21H,3-6,9H2,1-2H3,(H,20,22)(H,23,24). The first-order chi connectivity index (χ1) is 12.8. The number of hydrogen-bond donors (Lipinski definition) is 3. The fraction of sp³-hybridized carbons (Fsp3) is 0.421. The lowest BCUT2D eigenvalue weighted by Gasteiger charge is -2.11. The maximum atomic E-state index is 12.2. The number of aliphatic carboxylic acids is 1. The van der Waals surface area contributed by atoms with Crippen molar-refractivity contribution >= 4 is 22.8 Å². The maximum Gasteiger partial charge on any atom is 0.353 e. The molecular weight excluding hydrogens is 354 g/mol. The van der Waals surface area contributed by atoms with Gasteiger partial charge in [-0.15, -0.1) is 0 Å². The van der Waals surface area contributed by atoms with Gasteiger partial charge in [0.05, 0.1) is 12.0 Å². The maximum absolute atomic E-state index is 12.2. The molecule has 1 aromatic heterocycles. The van der Waals surface area contributed by atoms with Crippen molar-refractivity contribution in [2.75, 3.05) is 6.61 Å². The Morgan fingerprint density at radius 3 is 2.67 bits per heavy atom. The smallest absolute Gasteiger partial charge is 0.353 e. The fourth-order valence-corrected chi connectivity index (χ4v) is 2.50. The molecule has 1 unspecified atom stereocenters. The number of rotatable bonds is 9. The molecule has 3 N–H and O–H groups in total. The third-order valence-corrected chi connectivity index (χ3v) is 4.06. The van der Waals surface area contributed by atoms with E-state index < -0.39 is 34.9 Å². The van der Waals surface area contributed by atoms with Crippen molar-refractivity contribution < 1.29 is 29.0 Å². The molecule has 0 aliphatic rings. The Kier molecular flexibility index (Phi) is 6.81. The predicted molar refractivity (Wildman–Crippen MR) is 98.3 cm³/mol. The molecule has 0 bridgehead atoms. The number of carbonyl (C=O) groups excluding carboxylic acids is 1. The quantitative estimate of drug-likeness (QED) is 0.453. The van der Waals surface area contributed by atoms with Crippen LogP contribution >= 0.6 is 0 Å². The Morgan fingerprint density at radius 2 is 2.00 bits per heavy atom. The van der Waals surface area contributed by atoms with Crippen molar-refractivity contribution in [2.45, 2.75) is 45.6 Å². The molecule has 1 amide bonds. The zero-order chi connectivity index (χ0) is 20.0. The number of ether oxygens (including phenoxy) is 1. The average molecular weight is 377 g/mol. The molecule has 8 heteroatoms. The summed E-state index contributed by atoms with van der Waals surface area (Å²) in [7, 11) is 0. The van der Waals surface area contributed by atoms with E-state index in [1.807, 2.05) is 0 Å². The SMILES string of the molecule is CCCCCCOc1ccc2oc(=O)c(C(=O)NC(C)C(=O)O)c(O)c2c1. The van der Waals surface area contributed by atoms with Gasteiger partial charge in [0.1, 0.15) is 23.1 Å². The van der Waals surface area contributed by atoms with E-state index >= 15 is 0 Å². The van der Waals surface area contributed by atoms with E-state index in [-0.39, 0.29) is 11.0 Å². The molecule has 2 aromatic rings. The monoisotopic (exact) mass is 377 g/mol. The highest BCUT2D eigenvalue weighted by molar-refractivity contribution is 6.02. The number of carbonyl (C=O) groups is 2. The number of benzene rings is 1. The van der Waals surface area contributed by atoms with Gasteiger partial charge in [-0.1, -0.05) is 26.2 Å². The highest BCUT2D eigenvalue weighted by Gasteiger charge is 2.24. The molecule has 1 atom stereocenters. The van der Waals surface area contributed by atoms with Crippen LogP contribution in [0.15, 0.2) is 27.4 Å². The Bertz CT molecular complexity index is 887. The van der Waals surface area contributed by atoms with Crippen molar-refractivity contribution in [3.8, 4) is 11.5 Å². The fourth-order valence-electron chi connectivity index (χ4n) is 2.50. The first kappa shape index (κ1) is 20.3. The molecule has 0 spiro atoms. The van der Waals surface area contributed by atoms with E-state index in [0.717, 1.165) is 25.7 Å². The van der Waals surface area contributed by atoms with E-state index in [2.05, 4.69) is 12.2 Å². The van der Waals surface area contributed by atoms with Crippen LogP contribution in [0.1, 0.15) is 49.9 Å². The summed E-state index contributed by atoms with van der Waals surface area (Å²) < 4.78 is 10.7. The summed E-state index contributed by atoms with van der Waals surface area (Å²) in [4.78, 5) is 35.1. The molecule has 1 aromatic carbocycles. The lowest BCUT2D eigenvalue weighted by atomic mass is 10.1. The molecule has 0 radical (unpaired) electrons. The summed E-state index contributed by atoms with van der Waals surface area (Å²) in [5.41, 5.74) is -1.60. The molecule has 0 saturated carbocycles. The molecule has 0 fully saturated rings. The van der Waals surface area contributed by atoms with Crippen LogP contribution in [-0.4, -0.2) is 34.7 Å². The van der Waals surface area contributed by atoms with Gasteiger partial charge >= 0.3 is 11.6 Å². The Hall–Kier alpha value is -3.03. The summed E-state index contributed by atoms with van der Waals surface area (Å²) >= 11 is 0. The number of amides is 1. The summed E-state index contributed by atoms with van der Waals surface area (Å²) in [5, 5.41) is 21.5. The Labute approximate surface area is 155 Å². The van der Waals surface area contributed by atoms with Crippen LogP contribution in [0.25, 0.3) is 11.0 Å². The lowest BCUT2D eigenvalue weighted by molar-refractivity contribution is -0.138. The minimum atomic E-state index is -1.27. The summed E-state index contributed by atoms with van der Waals surface area (Å²) in [6.45, 7) is 3.86. The second-order valence-corrected chi connectivity index (χ2v) is 6.21. The zero-order valence-electron chi connectivity index (χ0n) is 15.3. The molecule has 0 saturated heterocycles. The topological polar surface area (TPSA) is 126 Å². The number of unbranched alkanes of at least 4 members (excludes halogenated alkanes) is 3. The summed E-state index contributed by atoms with van der Waals surface area (Å²) in [6.07, 6.45) is 4.19. The summed E-state index contributed by atoms with van der Waals surface area (Å²) in [6, 6.07) is 3.32. The van der Waals surface area contributed by atoms with Gasteiger partial charge in [-0.2, -0.15) is 0 Å². The number of hydrogen-bond acceptors (Lipinski definition) is 6. The number of carboxylic acid groups (broad SMARTS) is 1. The number of fused-ring (bicyclic) bond motifs is 1. The van der Waals surface area contributed by atoms with Crippen molar-refractivity contribution in [3.05, 3.63) is 34.2 Å². The van der Waals surface area contributed by atoms with E-state index in [1.54, 1.807) is 6.07 Å². The highest BCUT2D eigenvalue weighted by atomic mass is 16.5. The number of carboxylic acids is 1. The first-order valence-corrected chi connectivity index (χ1v) is 8.81. The van der Waals surface area contributed by atoms with E-state index in [0.29, 0.717) is 12.4 Å². The van der Waals surface area contributed by atoms with Crippen LogP contribution in [0.2, 0.25) is 0 Å². The van der Waals surface area contributed by atoms with Crippen molar-refractivity contribution in [2.24, 2.45) is 0 Å². The van der Waals surface area contributed by atoms with Crippen molar-refractivity contribution in [1.82, 2.24) is 5.32 Å². The molecule has 8 nitrogen and oxygen atoms in total. The van der Waals surface area contributed by atoms with Gasteiger partial charge in [-0.25, -0.2) is 4.79 Å². The summed E-state index contributed by atoms with van der Waals surface area (Å²) in [5.74, 6) is -2.41. The molecule has 27 heavy (non-hydrogen) atoms. The van der Waals surface area contributed by atoms with Crippen molar-refractivity contribution in [3.63, 3.8) is 0 Å². The van der Waals surface area contributed by atoms with Crippen LogP contribution < -0.4 is 15.7 Å². The highest BCUT2D eigenvalue weighted by Crippen LogP contribution is 2.29. The third-order valence-electron chi connectivity index (χ3n) is 4.06. The van der Waals surface area contributed by atoms with Crippen LogP contribution in [0, 0.1) is 0 Å². The van der Waals surface area contributed by atoms with E-state index in [1.165, 1.54) is 19.1 Å². The van der Waals surface area contributed by atoms with Gasteiger partial charge in [0, 0.05) is 0 Å². The molecule has 1 heterocycles. The third kappa shape index (κ3) is 4.99. The Morgan fingerprint density at radius 1 is 1.26 bits per heavy atom. The van der Waals surface area contributed by atoms with Gasteiger partial charge < -0.3 is 24.7 Å². The van der Waals surface area contributed by atoms with E-state index in [9.17, 15) is 19.5 Å². The van der Waals surface area contributed by atoms with Crippen LogP contribution in [-0.2, 0) is 4.79 Å². The van der Waals surface area contributed by atoms with Gasteiger partial charge in [0.25, 0.3) is 5.91 Å². The first-order valence-electron chi connectivity index (χ1n) is 8.81. The largest absolute Gasteiger partial charge is 0.506 e. The lowest BCUT2D eigenvalue weighted by Crippen LogP contribution is -2.40. The number of nitrogens with one attached hydrogen (secondary N) is 1. The second-order valence-electron chi connectivity index (χ2n) is 6.21. The predicted octanol–water partition coefficient (Wildman–Crippen LogP) is 2.66. The number of aromatic hydroxyl groups is 1. The molecular formula is C19H23NO7. The minimum Gasteiger partial charge on any atom is -0.506 e. The normalized spacial score (nSPS) is 11.9. The molecule has 2 rings (SSSR count). The molecule has 0 aliphatic heterocycles. The van der Waals surface area contributed by atoms with Crippen molar-refractivity contribution in [1.29, 1.82) is 0 Å². The van der Waals surface area contributed by atoms with Gasteiger partial charge in [-0.3, -0.25) is 9.59 Å². The van der Waals surface area contributed by atoms with E-state index in [4.69, 9.17) is 14.3 Å². The molecule has 146 valence electrons. The van der Waals surface area contributed by atoms with Gasteiger partial charge in [0.2, 0.25) is 0 Å². The van der Waals surface area contributed by atoms with Crippen LogP contribution in [0.3, 0.4) is 0 Å². The average Bonchev–Trinajstić information content (AvgIpc) is 2.61. The Balaban J connectivity index is 2.27. The van der Waals surface area contributed by atoms with Gasteiger partial charge in [-0.05, 0) is 31.5 Å².